The molecular formula is C17H13N3O2. The highest BCUT2D eigenvalue weighted by Crippen LogP contribution is 2.38. The third-order valence-corrected chi connectivity index (χ3v) is 3.82. The molecule has 3 heterocycles. The van der Waals surface area contributed by atoms with Crippen molar-refractivity contribution in [2.75, 3.05) is 6.79 Å². The van der Waals surface area contributed by atoms with Crippen LogP contribution in [0.15, 0.2) is 42.6 Å². The Morgan fingerprint density at radius 2 is 2.09 bits per heavy atom. The van der Waals surface area contributed by atoms with Crippen molar-refractivity contribution in [1.82, 2.24) is 9.38 Å². The lowest BCUT2D eigenvalue weighted by Crippen LogP contribution is -1.98. The zero-order valence-corrected chi connectivity index (χ0v) is 12.0. The molecule has 22 heavy (non-hydrogen) atoms. The van der Waals surface area contributed by atoms with Crippen LogP contribution in [0.1, 0.15) is 18.5 Å². The van der Waals surface area contributed by atoms with Crippen molar-refractivity contribution in [3.8, 4) is 28.8 Å². The van der Waals surface area contributed by atoms with Crippen LogP contribution in [0, 0.1) is 11.3 Å². The first-order chi connectivity index (χ1) is 10.8. The van der Waals surface area contributed by atoms with Crippen LogP contribution in [0.25, 0.3) is 16.9 Å². The quantitative estimate of drug-likeness (QED) is 0.726. The predicted octanol–water partition coefficient (Wildman–Crippen LogP) is 3.36. The summed E-state index contributed by atoms with van der Waals surface area (Å²) in [5.74, 6) is 1.19. The topological polar surface area (TPSA) is 59.5 Å². The maximum Gasteiger partial charge on any atom is 0.231 e. The number of pyridine rings is 1. The van der Waals surface area contributed by atoms with Gasteiger partial charge in [0.2, 0.25) is 6.79 Å². The van der Waals surface area contributed by atoms with Gasteiger partial charge in [0.05, 0.1) is 23.4 Å². The van der Waals surface area contributed by atoms with Crippen LogP contribution >= 0.6 is 0 Å². The average molecular weight is 291 g/mol. The molecular weight excluding hydrogens is 278 g/mol. The second kappa shape index (κ2) is 4.78. The van der Waals surface area contributed by atoms with Gasteiger partial charge < -0.3 is 13.9 Å². The van der Waals surface area contributed by atoms with Crippen LogP contribution < -0.4 is 9.47 Å². The molecule has 0 amide bonds. The van der Waals surface area contributed by atoms with Crippen LogP contribution in [-0.2, 0) is 0 Å². The van der Waals surface area contributed by atoms with E-state index >= 15 is 0 Å². The summed E-state index contributed by atoms with van der Waals surface area (Å²) in [6.45, 7) is 2.12. The monoisotopic (exact) mass is 291 g/mol. The fourth-order valence-electron chi connectivity index (χ4n) is 2.75. The van der Waals surface area contributed by atoms with Crippen molar-refractivity contribution in [2.24, 2.45) is 0 Å². The van der Waals surface area contributed by atoms with Gasteiger partial charge in [-0.1, -0.05) is 6.07 Å². The van der Waals surface area contributed by atoms with E-state index in [2.05, 4.69) is 6.07 Å². The summed E-state index contributed by atoms with van der Waals surface area (Å²) in [4.78, 5) is 4.69. The first-order valence-electron chi connectivity index (χ1n) is 7.04. The number of benzene rings is 1. The standard InChI is InChI=1S/C17H13N3O2/c1-11(9-18)17-16(19-15-4-2-3-7-20(15)17)12-5-6-13-14(8-12)22-10-21-13/h2-8,11H,10H2,1H3. The van der Waals surface area contributed by atoms with Crippen molar-refractivity contribution in [1.29, 1.82) is 5.26 Å². The number of hydrogen-bond donors (Lipinski definition) is 0. The molecule has 108 valence electrons. The lowest BCUT2D eigenvalue weighted by atomic mass is 10.0. The molecule has 1 aromatic carbocycles. The molecule has 0 bridgehead atoms. The molecule has 0 saturated heterocycles. The van der Waals surface area contributed by atoms with Crippen molar-refractivity contribution < 1.29 is 9.47 Å². The van der Waals surface area contributed by atoms with Gasteiger partial charge in [-0.25, -0.2) is 4.98 Å². The molecule has 5 nitrogen and oxygen atoms in total. The van der Waals surface area contributed by atoms with Crippen molar-refractivity contribution in [2.45, 2.75) is 12.8 Å². The second-order valence-corrected chi connectivity index (χ2v) is 5.19. The summed E-state index contributed by atoms with van der Waals surface area (Å²) in [5.41, 5.74) is 3.44. The van der Waals surface area contributed by atoms with Gasteiger partial charge in [0.1, 0.15) is 5.65 Å². The minimum absolute atomic E-state index is 0.241. The Labute approximate surface area is 127 Å². The number of imidazole rings is 1. The Bertz CT molecular complexity index is 908. The van der Waals surface area contributed by atoms with Crippen LogP contribution in [0.2, 0.25) is 0 Å². The smallest absolute Gasteiger partial charge is 0.231 e. The average Bonchev–Trinajstić information content (AvgIpc) is 3.17. The van der Waals surface area contributed by atoms with Crippen LogP contribution in [-0.4, -0.2) is 16.2 Å². The molecule has 1 aliphatic rings. The summed E-state index contributed by atoms with van der Waals surface area (Å²) in [5, 5.41) is 9.36. The zero-order chi connectivity index (χ0) is 15.1. The molecule has 0 fully saturated rings. The molecule has 0 spiro atoms. The molecule has 1 atom stereocenters. The van der Waals surface area contributed by atoms with Crippen molar-refractivity contribution in [3.63, 3.8) is 0 Å². The van der Waals surface area contributed by atoms with E-state index in [-0.39, 0.29) is 12.7 Å². The van der Waals surface area contributed by atoms with Gasteiger partial charge >= 0.3 is 0 Å². The molecule has 1 aliphatic heterocycles. The van der Waals surface area contributed by atoms with Gasteiger partial charge in [-0.05, 0) is 37.3 Å². The Morgan fingerprint density at radius 3 is 2.95 bits per heavy atom. The number of ether oxygens (including phenoxy) is 2. The summed E-state index contributed by atoms with van der Waals surface area (Å²) in [6.07, 6.45) is 1.93. The van der Waals surface area contributed by atoms with E-state index < -0.39 is 0 Å². The molecule has 2 aromatic heterocycles. The van der Waals surface area contributed by atoms with E-state index in [0.29, 0.717) is 5.75 Å². The normalized spacial score (nSPS) is 14.0. The van der Waals surface area contributed by atoms with Gasteiger partial charge in [0.15, 0.2) is 11.5 Å². The number of hydrogen-bond acceptors (Lipinski definition) is 4. The zero-order valence-electron chi connectivity index (χ0n) is 12.0. The Morgan fingerprint density at radius 1 is 1.23 bits per heavy atom. The van der Waals surface area contributed by atoms with E-state index in [0.717, 1.165) is 28.3 Å². The lowest BCUT2D eigenvalue weighted by molar-refractivity contribution is 0.174. The van der Waals surface area contributed by atoms with Crippen LogP contribution in [0.3, 0.4) is 0 Å². The maximum absolute atomic E-state index is 9.36. The van der Waals surface area contributed by atoms with Gasteiger partial charge in [0.25, 0.3) is 0 Å². The fraction of sp³-hybridized carbons (Fsp3) is 0.176. The van der Waals surface area contributed by atoms with Crippen molar-refractivity contribution >= 4 is 5.65 Å². The van der Waals surface area contributed by atoms with Gasteiger partial charge in [0, 0.05) is 11.8 Å². The highest BCUT2D eigenvalue weighted by atomic mass is 16.7. The second-order valence-electron chi connectivity index (χ2n) is 5.19. The predicted molar refractivity (Wildman–Crippen MR) is 80.8 cm³/mol. The van der Waals surface area contributed by atoms with Gasteiger partial charge in [-0.15, -0.1) is 0 Å². The number of fused-ring (bicyclic) bond motifs is 2. The summed E-state index contributed by atoms with van der Waals surface area (Å²) < 4.78 is 12.8. The Kier molecular flexibility index (Phi) is 2.76. The van der Waals surface area contributed by atoms with Crippen LogP contribution in [0.4, 0.5) is 0 Å². The number of nitriles is 1. The fourth-order valence-corrected chi connectivity index (χ4v) is 2.75. The molecule has 4 rings (SSSR count). The van der Waals surface area contributed by atoms with E-state index in [9.17, 15) is 5.26 Å². The summed E-state index contributed by atoms with van der Waals surface area (Å²) >= 11 is 0. The van der Waals surface area contributed by atoms with Crippen molar-refractivity contribution in [3.05, 3.63) is 48.3 Å². The molecule has 1 unspecified atom stereocenters. The highest BCUT2D eigenvalue weighted by Gasteiger charge is 2.21. The first kappa shape index (κ1) is 12.7. The minimum atomic E-state index is -0.266. The molecule has 0 N–H and O–H groups in total. The SMILES string of the molecule is CC(C#N)c1c(-c2ccc3c(c2)OCO3)nc2ccccn12. The number of nitrogens with zero attached hydrogens (tertiary/aromatic N) is 3. The Balaban J connectivity index is 1.96. The van der Waals surface area contributed by atoms with Crippen LogP contribution in [0.5, 0.6) is 11.5 Å². The lowest BCUT2D eigenvalue weighted by Gasteiger charge is -2.07. The van der Waals surface area contributed by atoms with E-state index in [1.165, 1.54) is 0 Å². The number of aromatic nitrogens is 2. The van der Waals surface area contributed by atoms with Gasteiger partial charge in [-0.2, -0.15) is 5.26 Å². The summed E-state index contributed by atoms with van der Waals surface area (Å²) in [7, 11) is 0. The molecule has 3 aromatic rings. The first-order valence-corrected chi connectivity index (χ1v) is 7.04. The largest absolute Gasteiger partial charge is 0.454 e. The molecule has 5 heteroatoms. The van der Waals surface area contributed by atoms with E-state index in [1.807, 2.05) is 53.9 Å². The Hall–Kier alpha value is -3.00. The summed E-state index contributed by atoms with van der Waals surface area (Å²) in [6, 6.07) is 13.9. The number of rotatable bonds is 2. The molecule has 0 saturated carbocycles. The minimum Gasteiger partial charge on any atom is -0.454 e. The third kappa shape index (κ3) is 1.81. The maximum atomic E-state index is 9.36. The van der Waals surface area contributed by atoms with Gasteiger partial charge in [-0.3, -0.25) is 0 Å². The molecule has 0 radical (unpaired) electrons. The highest BCUT2D eigenvalue weighted by molar-refractivity contribution is 5.70. The third-order valence-electron chi connectivity index (χ3n) is 3.82. The molecule has 0 aliphatic carbocycles. The van der Waals surface area contributed by atoms with E-state index in [4.69, 9.17) is 14.5 Å². The van der Waals surface area contributed by atoms with E-state index in [1.54, 1.807) is 0 Å².